The van der Waals surface area contributed by atoms with Crippen molar-refractivity contribution in [1.82, 2.24) is 5.32 Å². The molecule has 1 aromatic rings. The molecule has 0 fully saturated rings. The average molecular weight is 228 g/mol. The van der Waals surface area contributed by atoms with E-state index in [9.17, 15) is 19.3 Å². The summed E-state index contributed by atoms with van der Waals surface area (Å²) in [4.78, 5) is 21.2. The first-order chi connectivity index (χ1) is 7.56. The maximum atomic E-state index is 12.8. The number of nitro benzene ring substituents is 1. The van der Waals surface area contributed by atoms with Crippen molar-refractivity contribution in [3.63, 3.8) is 0 Å². The van der Waals surface area contributed by atoms with Gasteiger partial charge in [-0.25, -0.2) is 4.39 Å². The highest BCUT2D eigenvalue weighted by atomic mass is 19.1. The maximum Gasteiger partial charge on any atom is 0.282 e. The van der Waals surface area contributed by atoms with Crippen molar-refractivity contribution in [2.24, 2.45) is 0 Å². The molecule has 0 radical (unpaired) electrons. The highest BCUT2D eigenvalue weighted by Gasteiger charge is 2.20. The van der Waals surface area contributed by atoms with Crippen LogP contribution in [0.4, 0.5) is 10.1 Å². The largest absolute Gasteiger partial charge is 0.395 e. The molecule has 1 aromatic carbocycles. The summed E-state index contributed by atoms with van der Waals surface area (Å²) in [5.74, 6) is -1.53. The van der Waals surface area contributed by atoms with Crippen molar-refractivity contribution in [3.8, 4) is 0 Å². The Hall–Kier alpha value is -2.02. The highest BCUT2D eigenvalue weighted by molar-refractivity contribution is 5.98. The third-order valence-corrected chi connectivity index (χ3v) is 1.80. The van der Waals surface area contributed by atoms with E-state index in [0.717, 1.165) is 18.2 Å². The summed E-state index contributed by atoms with van der Waals surface area (Å²) in [6, 6.07) is 2.61. The van der Waals surface area contributed by atoms with Crippen molar-refractivity contribution in [2.75, 3.05) is 13.2 Å². The standard InChI is InChI=1S/C9H9FN2O4/c10-6-1-2-8(12(15)16)7(5-6)9(14)11-3-4-13/h1-2,5,13H,3-4H2,(H,11,14). The van der Waals surface area contributed by atoms with Gasteiger partial charge in [-0.15, -0.1) is 0 Å². The lowest BCUT2D eigenvalue weighted by Crippen LogP contribution is -2.27. The number of amides is 1. The summed E-state index contributed by atoms with van der Waals surface area (Å²) in [5.41, 5.74) is -0.838. The Kier molecular flexibility index (Phi) is 3.90. The topological polar surface area (TPSA) is 92.5 Å². The third-order valence-electron chi connectivity index (χ3n) is 1.80. The molecule has 0 aromatic heterocycles. The van der Waals surface area contributed by atoms with E-state index in [4.69, 9.17) is 5.11 Å². The number of rotatable bonds is 4. The van der Waals surface area contributed by atoms with Crippen LogP contribution < -0.4 is 5.32 Å². The van der Waals surface area contributed by atoms with Crippen LogP contribution in [0.2, 0.25) is 0 Å². The van der Waals surface area contributed by atoms with Crippen LogP contribution in [0.5, 0.6) is 0 Å². The number of halogens is 1. The van der Waals surface area contributed by atoms with Gasteiger partial charge in [0.15, 0.2) is 0 Å². The quantitative estimate of drug-likeness (QED) is 0.578. The molecule has 16 heavy (non-hydrogen) atoms. The maximum absolute atomic E-state index is 12.8. The summed E-state index contributed by atoms with van der Waals surface area (Å²) in [6.45, 7) is -0.346. The van der Waals surface area contributed by atoms with Gasteiger partial charge in [-0.3, -0.25) is 14.9 Å². The number of nitro groups is 1. The predicted octanol–water partition coefficient (Wildman–Crippen LogP) is 0.456. The van der Waals surface area contributed by atoms with Crippen LogP contribution in [0, 0.1) is 15.9 Å². The monoisotopic (exact) mass is 228 g/mol. The zero-order chi connectivity index (χ0) is 12.1. The van der Waals surface area contributed by atoms with Gasteiger partial charge in [0, 0.05) is 12.6 Å². The van der Waals surface area contributed by atoms with Crippen LogP contribution in [-0.2, 0) is 0 Å². The highest BCUT2D eigenvalue weighted by Crippen LogP contribution is 2.19. The molecule has 0 aliphatic heterocycles. The molecule has 86 valence electrons. The van der Waals surface area contributed by atoms with Gasteiger partial charge < -0.3 is 10.4 Å². The van der Waals surface area contributed by atoms with E-state index in [1.54, 1.807) is 0 Å². The smallest absolute Gasteiger partial charge is 0.282 e. The molecule has 6 nitrogen and oxygen atoms in total. The lowest BCUT2D eigenvalue weighted by molar-refractivity contribution is -0.385. The summed E-state index contributed by atoms with van der Waals surface area (Å²) in [6.07, 6.45) is 0. The van der Waals surface area contributed by atoms with Crippen LogP contribution in [0.1, 0.15) is 10.4 Å². The molecule has 0 saturated carbocycles. The van der Waals surface area contributed by atoms with E-state index in [1.165, 1.54) is 0 Å². The Labute approximate surface area is 89.9 Å². The molecule has 0 atom stereocenters. The molecule has 0 aliphatic rings. The van der Waals surface area contributed by atoms with Gasteiger partial charge in [0.05, 0.1) is 11.5 Å². The molecular formula is C9H9FN2O4. The number of nitrogens with one attached hydrogen (secondary N) is 1. The second-order valence-electron chi connectivity index (χ2n) is 2.90. The number of nitrogens with zero attached hydrogens (tertiary/aromatic N) is 1. The van der Waals surface area contributed by atoms with Crippen molar-refractivity contribution in [3.05, 3.63) is 39.7 Å². The predicted molar refractivity (Wildman–Crippen MR) is 52.5 cm³/mol. The van der Waals surface area contributed by atoms with Gasteiger partial charge in [0.2, 0.25) is 0 Å². The number of hydrogen-bond donors (Lipinski definition) is 2. The fourth-order valence-corrected chi connectivity index (χ4v) is 1.11. The minimum atomic E-state index is -0.791. The normalized spacial score (nSPS) is 9.88. The minimum Gasteiger partial charge on any atom is -0.395 e. The van der Waals surface area contributed by atoms with E-state index in [-0.39, 0.29) is 18.7 Å². The van der Waals surface area contributed by atoms with Gasteiger partial charge in [0.25, 0.3) is 11.6 Å². The van der Waals surface area contributed by atoms with Gasteiger partial charge in [0.1, 0.15) is 11.4 Å². The summed E-state index contributed by atoms with van der Waals surface area (Å²) in [5, 5.41) is 21.2. The molecule has 0 unspecified atom stereocenters. The molecule has 0 saturated heterocycles. The zero-order valence-corrected chi connectivity index (χ0v) is 8.14. The molecule has 1 amide bonds. The lowest BCUT2D eigenvalue weighted by Gasteiger charge is -2.03. The van der Waals surface area contributed by atoms with Gasteiger partial charge in [-0.05, 0) is 12.1 Å². The van der Waals surface area contributed by atoms with Crippen molar-refractivity contribution >= 4 is 11.6 Å². The number of carbonyl (C=O) groups excluding carboxylic acids is 1. The molecule has 2 N–H and O–H groups in total. The van der Waals surface area contributed by atoms with Crippen LogP contribution in [0.3, 0.4) is 0 Å². The summed E-state index contributed by atoms with van der Waals surface area (Å²) in [7, 11) is 0. The first-order valence-corrected chi connectivity index (χ1v) is 4.39. The van der Waals surface area contributed by atoms with Crippen LogP contribution >= 0.6 is 0 Å². The number of benzene rings is 1. The molecular weight excluding hydrogens is 219 g/mol. The minimum absolute atomic E-state index is 0.0491. The lowest BCUT2D eigenvalue weighted by atomic mass is 10.1. The summed E-state index contributed by atoms with van der Waals surface area (Å²) >= 11 is 0. The fourth-order valence-electron chi connectivity index (χ4n) is 1.11. The van der Waals surface area contributed by atoms with Crippen LogP contribution in [0.25, 0.3) is 0 Å². The van der Waals surface area contributed by atoms with E-state index < -0.39 is 22.3 Å². The van der Waals surface area contributed by atoms with Crippen molar-refractivity contribution in [1.29, 1.82) is 0 Å². The molecule has 0 bridgehead atoms. The summed E-state index contributed by atoms with van der Waals surface area (Å²) < 4.78 is 12.8. The van der Waals surface area contributed by atoms with E-state index in [1.807, 2.05) is 0 Å². The van der Waals surface area contributed by atoms with Crippen molar-refractivity contribution in [2.45, 2.75) is 0 Å². The van der Waals surface area contributed by atoms with E-state index >= 15 is 0 Å². The Morgan fingerprint density at radius 2 is 2.25 bits per heavy atom. The number of carbonyl (C=O) groups is 1. The second kappa shape index (κ2) is 5.17. The Morgan fingerprint density at radius 3 is 2.81 bits per heavy atom. The van der Waals surface area contributed by atoms with E-state index in [0.29, 0.717) is 0 Å². The molecule has 0 heterocycles. The van der Waals surface area contributed by atoms with Crippen molar-refractivity contribution < 1.29 is 19.2 Å². The Balaban J connectivity index is 3.04. The first kappa shape index (κ1) is 12.1. The number of aliphatic hydroxyl groups excluding tert-OH is 1. The molecule has 7 heteroatoms. The van der Waals surface area contributed by atoms with Crippen LogP contribution in [-0.4, -0.2) is 29.1 Å². The first-order valence-electron chi connectivity index (χ1n) is 4.39. The van der Waals surface area contributed by atoms with Gasteiger partial charge in [-0.1, -0.05) is 0 Å². The molecule has 1 rings (SSSR count). The third kappa shape index (κ3) is 2.74. The molecule has 0 spiro atoms. The second-order valence-corrected chi connectivity index (χ2v) is 2.90. The zero-order valence-electron chi connectivity index (χ0n) is 8.14. The fraction of sp³-hybridized carbons (Fsp3) is 0.222. The number of aliphatic hydroxyl groups is 1. The van der Waals surface area contributed by atoms with Crippen LogP contribution in [0.15, 0.2) is 18.2 Å². The SMILES string of the molecule is O=C(NCCO)c1cc(F)ccc1[N+](=O)[O-]. The van der Waals surface area contributed by atoms with Gasteiger partial charge >= 0.3 is 0 Å². The molecule has 0 aliphatic carbocycles. The average Bonchev–Trinajstić information content (AvgIpc) is 2.25. The Morgan fingerprint density at radius 1 is 1.56 bits per heavy atom. The van der Waals surface area contributed by atoms with Gasteiger partial charge in [-0.2, -0.15) is 0 Å². The number of hydrogen-bond acceptors (Lipinski definition) is 4. The Bertz CT molecular complexity index is 422. The van der Waals surface area contributed by atoms with E-state index in [2.05, 4.69) is 5.32 Å².